The van der Waals surface area contributed by atoms with Crippen LogP contribution in [-0.2, 0) is 21.3 Å². The topological polar surface area (TPSA) is 134 Å². The zero-order valence-electron chi connectivity index (χ0n) is 19.3. The van der Waals surface area contributed by atoms with Gasteiger partial charge in [-0.15, -0.1) is 0 Å². The number of nitrogens with one attached hydrogen (secondary N) is 1. The number of sulfonamides is 1. The molecule has 0 amide bonds. The van der Waals surface area contributed by atoms with Crippen molar-refractivity contribution in [1.82, 2.24) is 14.4 Å². The maximum Gasteiger partial charge on any atom is 0.338 e. The number of hydrogen-bond donors (Lipinski definition) is 1. The molecule has 0 bridgehead atoms. The van der Waals surface area contributed by atoms with Crippen molar-refractivity contribution in [3.63, 3.8) is 0 Å². The number of Topliss-reactive ketones (excluding diaryl/α,β-unsaturated/α-hetero) is 1. The van der Waals surface area contributed by atoms with E-state index in [0.29, 0.717) is 28.6 Å². The summed E-state index contributed by atoms with van der Waals surface area (Å²) in [5, 5.41) is 3.98. The molecule has 0 aliphatic rings. The van der Waals surface area contributed by atoms with Gasteiger partial charge in [-0.3, -0.25) is 9.36 Å². The van der Waals surface area contributed by atoms with Crippen molar-refractivity contribution in [3.05, 3.63) is 88.8 Å². The van der Waals surface area contributed by atoms with Gasteiger partial charge in [-0.05, 0) is 63.2 Å². The second-order valence-electron chi connectivity index (χ2n) is 7.84. The van der Waals surface area contributed by atoms with Crippen LogP contribution in [0.3, 0.4) is 0 Å². The number of nitrogens with zero attached hydrogens (tertiary/aromatic N) is 2. The normalized spacial score (nSPS) is 11.5. The average Bonchev–Trinajstić information content (AvgIpc) is 3.57. The summed E-state index contributed by atoms with van der Waals surface area (Å²) in [6.07, 6.45) is 1.45. The highest BCUT2D eigenvalue weighted by Crippen LogP contribution is 2.21. The minimum atomic E-state index is -3.80. The molecule has 1 N–H and O–H groups in total. The van der Waals surface area contributed by atoms with Crippen molar-refractivity contribution in [2.45, 2.75) is 32.2 Å². The van der Waals surface area contributed by atoms with Crippen LogP contribution in [0.1, 0.15) is 43.6 Å². The molecule has 1 aromatic carbocycles. The fourth-order valence-electron chi connectivity index (χ4n) is 3.58. The summed E-state index contributed by atoms with van der Waals surface area (Å²) in [7, 11) is -3.80. The molecule has 0 aliphatic heterocycles. The van der Waals surface area contributed by atoms with E-state index in [1.165, 1.54) is 30.5 Å². The van der Waals surface area contributed by atoms with Gasteiger partial charge in [0, 0.05) is 23.0 Å². The number of ketones is 1. The molecule has 3 aromatic heterocycles. The van der Waals surface area contributed by atoms with Gasteiger partial charge in [-0.25, -0.2) is 17.9 Å². The third-order valence-electron chi connectivity index (χ3n) is 5.33. The monoisotopic (exact) mass is 497 g/mol. The third-order valence-corrected chi connectivity index (χ3v) is 6.74. The second-order valence-corrected chi connectivity index (χ2v) is 9.61. The molecule has 11 heteroatoms. The first-order chi connectivity index (χ1) is 16.7. The number of carbonyl (C=O) groups is 2. The molecule has 10 nitrogen and oxygen atoms in total. The van der Waals surface area contributed by atoms with E-state index in [4.69, 9.17) is 13.7 Å². The molecule has 0 saturated carbocycles. The van der Waals surface area contributed by atoms with Crippen molar-refractivity contribution < 1.29 is 31.7 Å². The van der Waals surface area contributed by atoms with Gasteiger partial charge in [0.2, 0.25) is 15.8 Å². The van der Waals surface area contributed by atoms with Gasteiger partial charge in [-0.1, -0.05) is 5.16 Å². The fraction of sp³-hybridized carbons (Fsp3) is 0.208. The molecular weight excluding hydrogens is 474 g/mol. The molecular formula is C24H23N3O7S. The van der Waals surface area contributed by atoms with Crippen molar-refractivity contribution in [3.8, 4) is 5.82 Å². The third kappa shape index (κ3) is 5.26. The Hall–Kier alpha value is -3.96. The first kappa shape index (κ1) is 24.2. The molecule has 0 saturated heterocycles. The van der Waals surface area contributed by atoms with Crippen LogP contribution >= 0.6 is 0 Å². The molecule has 0 fully saturated rings. The number of furan rings is 1. The van der Waals surface area contributed by atoms with E-state index in [0.717, 1.165) is 5.69 Å². The molecule has 0 atom stereocenters. The summed E-state index contributed by atoms with van der Waals surface area (Å²) >= 11 is 0. The van der Waals surface area contributed by atoms with Crippen molar-refractivity contribution in [2.75, 3.05) is 6.61 Å². The smallest absolute Gasteiger partial charge is 0.338 e. The minimum absolute atomic E-state index is 0.00186. The van der Waals surface area contributed by atoms with Gasteiger partial charge < -0.3 is 13.7 Å². The van der Waals surface area contributed by atoms with Crippen molar-refractivity contribution in [2.24, 2.45) is 0 Å². The van der Waals surface area contributed by atoms with E-state index >= 15 is 0 Å². The molecule has 35 heavy (non-hydrogen) atoms. The number of aromatic nitrogens is 2. The molecule has 0 spiro atoms. The van der Waals surface area contributed by atoms with Crippen LogP contribution in [0.2, 0.25) is 0 Å². The summed E-state index contributed by atoms with van der Waals surface area (Å²) in [4.78, 5) is 25.1. The lowest BCUT2D eigenvalue weighted by atomic mass is 10.1. The molecule has 182 valence electrons. The van der Waals surface area contributed by atoms with Crippen LogP contribution in [0.25, 0.3) is 5.82 Å². The highest BCUT2D eigenvalue weighted by Gasteiger charge is 2.21. The largest absolute Gasteiger partial charge is 0.468 e. The maximum absolute atomic E-state index is 12.7. The Balaban J connectivity index is 1.38. The number of rotatable bonds is 9. The van der Waals surface area contributed by atoms with E-state index in [1.807, 2.05) is 6.92 Å². The Morgan fingerprint density at radius 1 is 1.09 bits per heavy atom. The number of hydrogen-bond acceptors (Lipinski definition) is 8. The number of benzene rings is 1. The Bertz CT molecular complexity index is 1460. The molecule has 3 heterocycles. The number of esters is 1. The Labute approximate surface area is 201 Å². The maximum atomic E-state index is 12.7. The lowest BCUT2D eigenvalue weighted by Gasteiger charge is -2.08. The second kappa shape index (κ2) is 9.72. The molecule has 0 radical (unpaired) electrons. The van der Waals surface area contributed by atoms with Gasteiger partial charge in [0.25, 0.3) is 0 Å². The fourth-order valence-corrected chi connectivity index (χ4v) is 4.57. The van der Waals surface area contributed by atoms with Crippen LogP contribution < -0.4 is 4.72 Å². The quantitative estimate of drug-likeness (QED) is 0.274. The van der Waals surface area contributed by atoms with Crippen LogP contribution in [0.15, 0.2) is 68.6 Å². The van der Waals surface area contributed by atoms with E-state index in [9.17, 15) is 18.0 Å². The Morgan fingerprint density at radius 2 is 1.83 bits per heavy atom. The highest BCUT2D eigenvalue weighted by atomic mass is 32.2. The van der Waals surface area contributed by atoms with E-state index in [1.54, 1.807) is 42.7 Å². The summed E-state index contributed by atoms with van der Waals surface area (Å²) in [5.41, 5.74) is 1.95. The van der Waals surface area contributed by atoms with E-state index < -0.39 is 22.6 Å². The molecule has 0 aliphatic carbocycles. The van der Waals surface area contributed by atoms with Crippen molar-refractivity contribution >= 4 is 21.8 Å². The average molecular weight is 498 g/mol. The predicted octanol–water partition coefficient (Wildman–Crippen LogP) is 3.50. The van der Waals surface area contributed by atoms with E-state index in [2.05, 4.69) is 9.88 Å². The van der Waals surface area contributed by atoms with Crippen LogP contribution in [0, 0.1) is 20.8 Å². The van der Waals surface area contributed by atoms with Crippen molar-refractivity contribution in [1.29, 1.82) is 0 Å². The first-order valence-corrected chi connectivity index (χ1v) is 12.1. The highest BCUT2D eigenvalue weighted by molar-refractivity contribution is 7.89. The van der Waals surface area contributed by atoms with Gasteiger partial charge in [0.05, 0.1) is 23.3 Å². The lowest BCUT2D eigenvalue weighted by molar-refractivity contribution is 0.0474. The van der Waals surface area contributed by atoms with Gasteiger partial charge in [0.15, 0.2) is 12.4 Å². The zero-order chi connectivity index (χ0) is 25.2. The standard InChI is InChI=1S/C24H23N3O7S/c1-15-11-21(17(3)27(15)23-12-16(2)34-26-23)22(28)14-33-24(29)18-6-8-20(9-7-18)35(30,31)25-13-19-5-4-10-32-19/h4-12,25H,13-14H2,1-3H3. The number of aryl methyl sites for hydroxylation is 2. The van der Waals surface area contributed by atoms with Gasteiger partial charge in [0.1, 0.15) is 11.5 Å². The van der Waals surface area contributed by atoms with Gasteiger partial charge in [-0.2, -0.15) is 0 Å². The van der Waals surface area contributed by atoms with Crippen LogP contribution in [0.5, 0.6) is 0 Å². The summed E-state index contributed by atoms with van der Waals surface area (Å²) in [6, 6.07) is 12.0. The Kier molecular flexibility index (Phi) is 6.72. The van der Waals surface area contributed by atoms with Crippen LogP contribution in [-0.4, -0.2) is 36.5 Å². The van der Waals surface area contributed by atoms with Gasteiger partial charge >= 0.3 is 5.97 Å². The van der Waals surface area contributed by atoms with Crippen LogP contribution in [0.4, 0.5) is 0 Å². The van der Waals surface area contributed by atoms with E-state index in [-0.39, 0.29) is 22.8 Å². The number of carbonyl (C=O) groups excluding carboxylic acids is 2. The first-order valence-electron chi connectivity index (χ1n) is 10.6. The number of ether oxygens (including phenoxy) is 1. The predicted molar refractivity (Wildman–Crippen MR) is 124 cm³/mol. The molecule has 0 unspecified atom stereocenters. The summed E-state index contributed by atoms with van der Waals surface area (Å²) < 4.78 is 44.4. The molecule has 4 aromatic rings. The molecule has 4 rings (SSSR count). The summed E-state index contributed by atoms with van der Waals surface area (Å²) in [6.45, 7) is 4.91. The Morgan fingerprint density at radius 3 is 2.46 bits per heavy atom. The lowest BCUT2D eigenvalue weighted by Crippen LogP contribution is -2.23. The minimum Gasteiger partial charge on any atom is -0.468 e. The summed E-state index contributed by atoms with van der Waals surface area (Å²) in [5.74, 6) is 0.546. The SMILES string of the molecule is Cc1cc(-n2c(C)cc(C(=O)COC(=O)c3ccc(S(=O)(=O)NCc4ccco4)cc3)c2C)no1. The zero-order valence-corrected chi connectivity index (χ0v) is 20.1.